The summed E-state index contributed by atoms with van der Waals surface area (Å²) in [4.78, 5) is 9.19. The first kappa shape index (κ1) is 19.5. The van der Waals surface area contributed by atoms with Crippen molar-refractivity contribution in [2.24, 2.45) is 5.92 Å². The van der Waals surface area contributed by atoms with E-state index >= 15 is 0 Å². The fourth-order valence-corrected chi connectivity index (χ4v) is 5.24. The third-order valence-electron chi connectivity index (χ3n) is 5.06. The van der Waals surface area contributed by atoms with Crippen LogP contribution in [0.1, 0.15) is 46.1 Å². The largest absolute Gasteiger partial charge is 0.396 e. The number of halogens is 1. The van der Waals surface area contributed by atoms with Crippen molar-refractivity contribution in [3.63, 3.8) is 0 Å². The molecule has 1 saturated carbocycles. The van der Waals surface area contributed by atoms with Gasteiger partial charge in [-0.25, -0.2) is 14.6 Å². The van der Waals surface area contributed by atoms with E-state index in [9.17, 15) is 5.11 Å². The van der Waals surface area contributed by atoms with Gasteiger partial charge in [0.2, 0.25) is 0 Å². The average Bonchev–Trinajstić information content (AvgIpc) is 3.25. The molecule has 2 fully saturated rings. The SMILES string of the molecule is CCCSc1nc(Br)c2nnn(C3CC(CCO)C4OC(C)(C)OC43)c2n1. The maximum absolute atomic E-state index is 9.46. The van der Waals surface area contributed by atoms with E-state index in [2.05, 4.69) is 38.1 Å². The Balaban J connectivity index is 1.71. The van der Waals surface area contributed by atoms with Gasteiger partial charge < -0.3 is 14.6 Å². The van der Waals surface area contributed by atoms with E-state index in [1.165, 1.54) is 0 Å². The van der Waals surface area contributed by atoms with Gasteiger partial charge in [-0.1, -0.05) is 23.9 Å². The molecule has 10 heteroatoms. The van der Waals surface area contributed by atoms with Crippen LogP contribution >= 0.6 is 27.7 Å². The number of rotatable bonds is 6. The Morgan fingerprint density at radius 3 is 2.81 bits per heavy atom. The van der Waals surface area contributed by atoms with Crippen LogP contribution in [0.4, 0.5) is 0 Å². The molecule has 0 bridgehead atoms. The van der Waals surface area contributed by atoms with Crippen molar-refractivity contribution in [3.8, 4) is 0 Å². The predicted octanol–water partition coefficient (Wildman–Crippen LogP) is 2.95. The Morgan fingerprint density at radius 1 is 1.30 bits per heavy atom. The molecule has 4 rings (SSSR count). The Kier molecular flexibility index (Phi) is 5.45. The molecule has 2 aromatic heterocycles. The highest BCUT2D eigenvalue weighted by Crippen LogP contribution is 2.48. The molecule has 0 amide bonds. The fourth-order valence-electron chi connectivity index (χ4n) is 4.00. The van der Waals surface area contributed by atoms with E-state index in [1.807, 2.05) is 18.5 Å². The third kappa shape index (κ3) is 3.62. The van der Waals surface area contributed by atoms with Crippen LogP contribution in [0, 0.1) is 5.92 Å². The Morgan fingerprint density at radius 2 is 2.07 bits per heavy atom. The lowest BCUT2D eigenvalue weighted by molar-refractivity contribution is -0.161. The van der Waals surface area contributed by atoms with Crippen LogP contribution in [0.15, 0.2) is 9.76 Å². The first-order chi connectivity index (χ1) is 12.9. The monoisotopic (exact) mass is 457 g/mol. The van der Waals surface area contributed by atoms with Crippen molar-refractivity contribution in [2.45, 2.75) is 69.2 Å². The third-order valence-corrected chi connectivity index (χ3v) is 6.67. The second kappa shape index (κ2) is 7.55. The van der Waals surface area contributed by atoms with Crippen LogP contribution < -0.4 is 0 Å². The summed E-state index contributed by atoms with van der Waals surface area (Å²) in [6.07, 6.45) is 2.35. The second-order valence-corrected chi connectivity index (χ2v) is 9.31. The van der Waals surface area contributed by atoms with E-state index in [0.29, 0.717) is 27.3 Å². The summed E-state index contributed by atoms with van der Waals surface area (Å²) in [6, 6.07) is -0.0378. The minimum Gasteiger partial charge on any atom is -0.396 e. The smallest absolute Gasteiger partial charge is 0.190 e. The van der Waals surface area contributed by atoms with E-state index in [1.54, 1.807) is 11.8 Å². The zero-order valence-corrected chi connectivity index (χ0v) is 18.0. The van der Waals surface area contributed by atoms with Gasteiger partial charge in [0, 0.05) is 12.4 Å². The summed E-state index contributed by atoms with van der Waals surface area (Å²) in [6.45, 7) is 6.12. The highest BCUT2D eigenvalue weighted by Gasteiger charge is 2.55. The Labute approximate surface area is 170 Å². The van der Waals surface area contributed by atoms with Crippen LogP contribution in [0.3, 0.4) is 0 Å². The first-order valence-electron chi connectivity index (χ1n) is 9.31. The zero-order valence-electron chi connectivity index (χ0n) is 15.6. The molecule has 3 heterocycles. The van der Waals surface area contributed by atoms with Crippen molar-refractivity contribution in [2.75, 3.05) is 12.4 Å². The number of hydrogen-bond donors (Lipinski definition) is 1. The average molecular weight is 458 g/mol. The molecule has 4 atom stereocenters. The molecule has 0 radical (unpaired) electrons. The van der Waals surface area contributed by atoms with E-state index in [0.717, 1.165) is 18.6 Å². The van der Waals surface area contributed by atoms with Crippen molar-refractivity contribution in [3.05, 3.63) is 4.60 Å². The molecule has 27 heavy (non-hydrogen) atoms. The van der Waals surface area contributed by atoms with Gasteiger partial charge >= 0.3 is 0 Å². The van der Waals surface area contributed by atoms with Gasteiger partial charge in [0.25, 0.3) is 0 Å². The molecule has 2 aromatic rings. The number of ether oxygens (including phenoxy) is 2. The number of thioether (sulfide) groups is 1. The minimum absolute atomic E-state index is 0.0378. The van der Waals surface area contributed by atoms with Gasteiger partial charge in [-0.3, -0.25) is 0 Å². The molecule has 1 N–H and O–H groups in total. The lowest BCUT2D eigenvalue weighted by Gasteiger charge is -2.23. The quantitative estimate of drug-likeness (QED) is 0.401. The maximum Gasteiger partial charge on any atom is 0.190 e. The molecular formula is C17H24BrN5O3S. The lowest BCUT2D eigenvalue weighted by atomic mass is 10.0. The van der Waals surface area contributed by atoms with Gasteiger partial charge in [0.1, 0.15) is 10.7 Å². The number of aromatic nitrogens is 5. The van der Waals surface area contributed by atoms with E-state index < -0.39 is 5.79 Å². The van der Waals surface area contributed by atoms with Crippen molar-refractivity contribution in [1.82, 2.24) is 25.0 Å². The summed E-state index contributed by atoms with van der Waals surface area (Å²) < 4.78 is 14.9. The van der Waals surface area contributed by atoms with Gasteiger partial charge in [-0.05, 0) is 55.0 Å². The number of aliphatic hydroxyl groups excluding tert-OH is 1. The number of aliphatic hydroxyl groups is 1. The molecule has 0 aromatic carbocycles. The van der Waals surface area contributed by atoms with Gasteiger partial charge in [0.05, 0.1) is 12.1 Å². The Hall–Kier alpha value is -0.810. The highest BCUT2D eigenvalue weighted by molar-refractivity contribution is 9.10. The van der Waals surface area contributed by atoms with Crippen LogP contribution in [-0.2, 0) is 9.47 Å². The second-order valence-electron chi connectivity index (χ2n) is 7.49. The number of nitrogens with zero attached hydrogens (tertiary/aromatic N) is 5. The summed E-state index contributed by atoms with van der Waals surface area (Å²) >= 11 is 5.13. The summed E-state index contributed by atoms with van der Waals surface area (Å²) in [5, 5.41) is 18.9. The van der Waals surface area contributed by atoms with Crippen molar-refractivity contribution >= 4 is 38.9 Å². The van der Waals surface area contributed by atoms with E-state index in [-0.39, 0.29) is 30.8 Å². The maximum atomic E-state index is 9.46. The standard InChI is InChI=1S/C17H24BrN5O3S/c1-4-7-27-16-19-14(18)11-15(20-16)23(22-21-11)10-8-9(5-6-24)12-13(10)26-17(2,3)25-12/h9-10,12-13,24H,4-8H2,1-3H3. The van der Waals surface area contributed by atoms with Gasteiger partial charge in [0.15, 0.2) is 22.1 Å². The predicted molar refractivity (Wildman–Crippen MR) is 105 cm³/mol. The minimum atomic E-state index is -0.643. The topological polar surface area (TPSA) is 95.2 Å². The van der Waals surface area contributed by atoms with Crippen LogP contribution in [-0.4, -0.2) is 60.4 Å². The molecule has 1 saturated heterocycles. The van der Waals surface area contributed by atoms with Gasteiger partial charge in [-0.15, -0.1) is 5.10 Å². The fraction of sp³-hybridized carbons (Fsp3) is 0.765. The van der Waals surface area contributed by atoms with Crippen LogP contribution in [0.5, 0.6) is 0 Å². The molecule has 0 spiro atoms. The normalized spacial score (nSPS) is 29.5. The summed E-state index contributed by atoms with van der Waals surface area (Å²) in [5.74, 6) is 0.526. The number of hydrogen-bond acceptors (Lipinski definition) is 8. The van der Waals surface area contributed by atoms with Crippen LogP contribution in [0.2, 0.25) is 0 Å². The van der Waals surface area contributed by atoms with Crippen molar-refractivity contribution < 1.29 is 14.6 Å². The van der Waals surface area contributed by atoms with Crippen molar-refractivity contribution in [1.29, 1.82) is 0 Å². The molecule has 1 aliphatic carbocycles. The molecule has 4 unspecified atom stereocenters. The van der Waals surface area contributed by atoms with Crippen LogP contribution in [0.25, 0.3) is 11.2 Å². The molecular weight excluding hydrogens is 434 g/mol. The zero-order chi connectivity index (χ0) is 19.2. The Bertz CT molecular complexity index is 832. The highest BCUT2D eigenvalue weighted by atomic mass is 79.9. The van der Waals surface area contributed by atoms with E-state index in [4.69, 9.17) is 14.5 Å². The first-order valence-corrected chi connectivity index (χ1v) is 11.1. The summed E-state index contributed by atoms with van der Waals surface area (Å²) in [7, 11) is 0. The molecule has 1 aliphatic heterocycles. The van der Waals surface area contributed by atoms with Gasteiger partial charge in [-0.2, -0.15) is 0 Å². The lowest BCUT2D eigenvalue weighted by Crippen LogP contribution is -2.28. The molecule has 2 aliphatic rings. The number of fused-ring (bicyclic) bond motifs is 2. The molecule has 148 valence electrons. The summed E-state index contributed by atoms with van der Waals surface area (Å²) in [5.41, 5.74) is 1.35. The molecule has 8 nitrogen and oxygen atoms in total.